The van der Waals surface area contributed by atoms with Crippen molar-refractivity contribution in [2.75, 3.05) is 0 Å². The second-order valence-electron chi connectivity index (χ2n) is 3.31. The van der Waals surface area contributed by atoms with E-state index in [9.17, 15) is 4.79 Å². The number of nitriles is 1. The lowest BCUT2D eigenvalue weighted by Gasteiger charge is -2.10. The van der Waals surface area contributed by atoms with E-state index in [-0.39, 0.29) is 18.1 Å². The van der Waals surface area contributed by atoms with Crippen LogP contribution < -0.4 is 0 Å². The first-order valence-corrected chi connectivity index (χ1v) is 5.65. The van der Waals surface area contributed by atoms with Gasteiger partial charge in [-0.3, -0.25) is 4.79 Å². The SMILES string of the molecule is CCC(CC#N)C(=O)c1ccccc1Br. The highest BCUT2D eigenvalue weighted by atomic mass is 79.9. The Morgan fingerprint density at radius 1 is 1.53 bits per heavy atom. The normalized spacial score (nSPS) is 11.8. The van der Waals surface area contributed by atoms with Gasteiger partial charge < -0.3 is 0 Å². The zero-order chi connectivity index (χ0) is 11.3. The first-order valence-electron chi connectivity index (χ1n) is 4.86. The summed E-state index contributed by atoms with van der Waals surface area (Å²) >= 11 is 3.34. The van der Waals surface area contributed by atoms with Crippen LogP contribution in [0.1, 0.15) is 30.1 Å². The van der Waals surface area contributed by atoms with Gasteiger partial charge in [-0.25, -0.2) is 0 Å². The van der Waals surface area contributed by atoms with E-state index < -0.39 is 0 Å². The molecule has 0 spiro atoms. The van der Waals surface area contributed by atoms with Crippen molar-refractivity contribution in [3.8, 4) is 6.07 Å². The molecule has 0 amide bonds. The van der Waals surface area contributed by atoms with Crippen molar-refractivity contribution in [1.29, 1.82) is 5.26 Å². The van der Waals surface area contributed by atoms with Crippen LogP contribution in [0.5, 0.6) is 0 Å². The standard InChI is InChI=1S/C12H12BrNO/c1-2-9(7-8-14)12(15)10-5-3-4-6-11(10)13/h3-6,9H,2,7H2,1H3. The minimum atomic E-state index is -0.186. The van der Waals surface area contributed by atoms with E-state index in [0.29, 0.717) is 12.0 Å². The molecule has 0 radical (unpaired) electrons. The van der Waals surface area contributed by atoms with E-state index in [1.165, 1.54) is 0 Å². The molecule has 0 aliphatic rings. The second-order valence-corrected chi connectivity index (χ2v) is 4.17. The molecule has 0 aliphatic heterocycles. The van der Waals surface area contributed by atoms with E-state index in [0.717, 1.165) is 4.47 Å². The van der Waals surface area contributed by atoms with Crippen molar-refractivity contribution in [2.24, 2.45) is 5.92 Å². The van der Waals surface area contributed by atoms with E-state index >= 15 is 0 Å². The molecular weight excluding hydrogens is 254 g/mol. The Balaban J connectivity index is 2.94. The van der Waals surface area contributed by atoms with Crippen molar-refractivity contribution in [3.63, 3.8) is 0 Å². The maximum absolute atomic E-state index is 12.0. The predicted octanol–water partition coefficient (Wildman–Crippen LogP) is 3.57. The summed E-state index contributed by atoms with van der Waals surface area (Å²) < 4.78 is 0.798. The summed E-state index contributed by atoms with van der Waals surface area (Å²) in [6, 6.07) is 9.37. The van der Waals surface area contributed by atoms with Gasteiger partial charge in [0, 0.05) is 22.4 Å². The summed E-state index contributed by atoms with van der Waals surface area (Å²) in [4.78, 5) is 12.0. The highest BCUT2D eigenvalue weighted by Crippen LogP contribution is 2.22. The lowest BCUT2D eigenvalue weighted by Crippen LogP contribution is -2.13. The van der Waals surface area contributed by atoms with Gasteiger partial charge in [-0.2, -0.15) is 5.26 Å². The lowest BCUT2D eigenvalue weighted by atomic mass is 9.93. The van der Waals surface area contributed by atoms with Gasteiger partial charge in [0.05, 0.1) is 6.07 Å². The van der Waals surface area contributed by atoms with Crippen LogP contribution in [-0.2, 0) is 0 Å². The third-order valence-corrected chi connectivity index (χ3v) is 3.03. The van der Waals surface area contributed by atoms with E-state index in [2.05, 4.69) is 22.0 Å². The number of hydrogen-bond acceptors (Lipinski definition) is 2. The molecule has 15 heavy (non-hydrogen) atoms. The molecule has 0 N–H and O–H groups in total. The molecule has 1 aromatic carbocycles. The number of Topliss-reactive ketones (excluding diaryl/α,β-unsaturated/α-hetero) is 1. The van der Waals surface area contributed by atoms with Crippen LogP contribution in [0, 0.1) is 17.2 Å². The predicted molar refractivity (Wildman–Crippen MR) is 62.5 cm³/mol. The van der Waals surface area contributed by atoms with Crippen LogP contribution in [0.2, 0.25) is 0 Å². The minimum absolute atomic E-state index is 0.0477. The zero-order valence-electron chi connectivity index (χ0n) is 8.53. The Bertz CT molecular complexity index is 395. The third kappa shape index (κ3) is 2.90. The molecule has 0 heterocycles. The Hall–Kier alpha value is -1.14. The fraction of sp³-hybridized carbons (Fsp3) is 0.333. The van der Waals surface area contributed by atoms with Crippen LogP contribution in [0.15, 0.2) is 28.7 Å². The molecular formula is C12H12BrNO. The average molecular weight is 266 g/mol. The number of carbonyl (C=O) groups is 1. The van der Waals surface area contributed by atoms with Gasteiger partial charge in [-0.15, -0.1) is 0 Å². The van der Waals surface area contributed by atoms with Gasteiger partial charge >= 0.3 is 0 Å². The quantitative estimate of drug-likeness (QED) is 0.781. The van der Waals surface area contributed by atoms with Gasteiger partial charge in [0.15, 0.2) is 5.78 Å². The molecule has 0 saturated carbocycles. The number of ketones is 1. The van der Waals surface area contributed by atoms with Crippen molar-refractivity contribution >= 4 is 21.7 Å². The second kappa shape index (κ2) is 5.67. The summed E-state index contributed by atoms with van der Waals surface area (Å²) in [5.41, 5.74) is 0.666. The maximum atomic E-state index is 12.0. The minimum Gasteiger partial charge on any atom is -0.294 e. The molecule has 0 aromatic heterocycles. The smallest absolute Gasteiger partial charge is 0.168 e. The number of nitrogens with zero attached hydrogens (tertiary/aromatic N) is 1. The molecule has 1 rings (SSSR count). The highest BCUT2D eigenvalue weighted by Gasteiger charge is 2.19. The molecule has 0 saturated heterocycles. The Labute approximate surface area is 98.0 Å². The van der Waals surface area contributed by atoms with Gasteiger partial charge in [-0.1, -0.05) is 41.1 Å². The summed E-state index contributed by atoms with van der Waals surface area (Å²) in [5, 5.41) is 8.62. The van der Waals surface area contributed by atoms with E-state index in [1.807, 2.05) is 25.1 Å². The molecule has 0 bridgehead atoms. The molecule has 1 unspecified atom stereocenters. The molecule has 78 valence electrons. The molecule has 0 fully saturated rings. The van der Waals surface area contributed by atoms with Gasteiger partial charge in [0.25, 0.3) is 0 Å². The van der Waals surface area contributed by atoms with Crippen molar-refractivity contribution in [2.45, 2.75) is 19.8 Å². The lowest BCUT2D eigenvalue weighted by molar-refractivity contribution is 0.0918. The summed E-state index contributed by atoms with van der Waals surface area (Å²) in [6.45, 7) is 1.93. The molecule has 1 aromatic rings. The largest absolute Gasteiger partial charge is 0.294 e. The van der Waals surface area contributed by atoms with Crippen LogP contribution in [0.3, 0.4) is 0 Å². The maximum Gasteiger partial charge on any atom is 0.168 e. The molecule has 0 aliphatic carbocycles. The van der Waals surface area contributed by atoms with Crippen LogP contribution in [0.25, 0.3) is 0 Å². The van der Waals surface area contributed by atoms with Crippen LogP contribution in [0.4, 0.5) is 0 Å². The summed E-state index contributed by atoms with van der Waals surface area (Å²) in [5.74, 6) is -0.139. The number of benzene rings is 1. The van der Waals surface area contributed by atoms with Gasteiger partial charge in [0.1, 0.15) is 0 Å². The zero-order valence-corrected chi connectivity index (χ0v) is 10.1. The molecule has 2 nitrogen and oxygen atoms in total. The van der Waals surface area contributed by atoms with Gasteiger partial charge in [0.2, 0.25) is 0 Å². The number of hydrogen-bond donors (Lipinski definition) is 0. The van der Waals surface area contributed by atoms with Crippen molar-refractivity contribution < 1.29 is 4.79 Å². The van der Waals surface area contributed by atoms with Crippen molar-refractivity contribution in [3.05, 3.63) is 34.3 Å². The Kier molecular flexibility index (Phi) is 4.51. The average Bonchev–Trinajstić information content (AvgIpc) is 2.25. The van der Waals surface area contributed by atoms with E-state index in [1.54, 1.807) is 6.07 Å². The Morgan fingerprint density at radius 2 is 2.20 bits per heavy atom. The number of halogens is 1. The summed E-state index contributed by atoms with van der Waals surface area (Å²) in [7, 11) is 0. The first-order chi connectivity index (χ1) is 7.20. The first kappa shape index (κ1) is 11.9. The molecule has 1 atom stereocenters. The van der Waals surface area contributed by atoms with Crippen LogP contribution in [-0.4, -0.2) is 5.78 Å². The Morgan fingerprint density at radius 3 is 2.73 bits per heavy atom. The fourth-order valence-electron chi connectivity index (χ4n) is 1.41. The van der Waals surface area contributed by atoms with Gasteiger partial charge in [-0.05, 0) is 12.5 Å². The molecule has 3 heteroatoms. The summed E-state index contributed by atoms with van der Waals surface area (Å²) in [6.07, 6.45) is 0.990. The monoisotopic (exact) mass is 265 g/mol. The fourth-order valence-corrected chi connectivity index (χ4v) is 1.89. The number of carbonyl (C=O) groups excluding carboxylic acids is 1. The van der Waals surface area contributed by atoms with Crippen molar-refractivity contribution in [1.82, 2.24) is 0 Å². The highest BCUT2D eigenvalue weighted by molar-refractivity contribution is 9.10. The topological polar surface area (TPSA) is 40.9 Å². The third-order valence-electron chi connectivity index (χ3n) is 2.34. The number of rotatable bonds is 4. The van der Waals surface area contributed by atoms with E-state index in [4.69, 9.17) is 5.26 Å². The van der Waals surface area contributed by atoms with Crippen LogP contribution >= 0.6 is 15.9 Å².